The quantitative estimate of drug-likeness (QED) is 0.818. The molecule has 1 heterocycles. The summed E-state index contributed by atoms with van der Waals surface area (Å²) in [4.78, 5) is 16.2. The molecule has 1 N–H and O–H groups in total. The minimum atomic E-state index is -0.189. The van der Waals surface area contributed by atoms with Crippen LogP contribution in [0.4, 0.5) is 10.1 Å². The van der Waals surface area contributed by atoms with E-state index in [1.54, 1.807) is 0 Å². The van der Waals surface area contributed by atoms with Crippen molar-refractivity contribution in [2.24, 2.45) is 5.92 Å². The van der Waals surface area contributed by atoms with Gasteiger partial charge in [0.25, 0.3) is 0 Å². The van der Waals surface area contributed by atoms with Crippen molar-refractivity contribution in [3.8, 4) is 0 Å². The van der Waals surface area contributed by atoms with Crippen molar-refractivity contribution in [2.75, 3.05) is 44.2 Å². The van der Waals surface area contributed by atoms with Gasteiger partial charge >= 0.3 is 0 Å². The summed E-state index contributed by atoms with van der Waals surface area (Å²) < 4.78 is 12.9. The smallest absolute Gasteiger partial charge is 0.222 e. The Hall–Kier alpha value is -1.62. The summed E-state index contributed by atoms with van der Waals surface area (Å²) >= 11 is 0. The third kappa shape index (κ3) is 4.98. The van der Waals surface area contributed by atoms with Gasteiger partial charge in [0, 0.05) is 44.3 Å². The number of nitrogens with zero attached hydrogens (tertiary/aromatic N) is 2. The maximum atomic E-state index is 12.9. The van der Waals surface area contributed by atoms with Crippen LogP contribution < -0.4 is 10.2 Å². The van der Waals surface area contributed by atoms with Crippen LogP contribution in [-0.2, 0) is 4.79 Å². The summed E-state index contributed by atoms with van der Waals surface area (Å²) in [6.07, 6.45) is 0.981. The van der Waals surface area contributed by atoms with Crippen LogP contribution in [0.25, 0.3) is 0 Å². The molecule has 1 saturated heterocycles. The van der Waals surface area contributed by atoms with Gasteiger partial charge in [-0.25, -0.2) is 4.39 Å². The van der Waals surface area contributed by atoms with Crippen LogP contribution in [-0.4, -0.2) is 50.1 Å². The molecule has 0 atom stereocenters. The molecule has 1 aromatic carbocycles. The summed E-state index contributed by atoms with van der Waals surface area (Å²) in [6.45, 7) is 9.51. The van der Waals surface area contributed by atoms with Crippen molar-refractivity contribution in [1.82, 2.24) is 10.2 Å². The number of rotatable bonds is 6. The first-order chi connectivity index (χ1) is 10.6. The Morgan fingerprint density at radius 2 is 1.82 bits per heavy atom. The average Bonchev–Trinajstić information content (AvgIpc) is 2.52. The average molecular weight is 307 g/mol. The third-order valence-electron chi connectivity index (χ3n) is 4.04. The van der Waals surface area contributed by atoms with Crippen LogP contribution in [0.2, 0.25) is 0 Å². The third-order valence-corrected chi connectivity index (χ3v) is 4.04. The molecule has 1 amide bonds. The Morgan fingerprint density at radius 3 is 2.41 bits per heavy atom. The van der Waals surface area contributed by atoms with Gasteiger partial charge in [0.15, 0.2) is 0 Å². The topological polar surface area (TPSA) is 35.6 Å². The lowest BCUT2D eigenvalue weighted by molar-refractivity contribution is -0.123. The van der Waals surface area contributed by atoms with E-state index in [0.717, 1.165) is 51.4 Å². The van der Waals surface area contributed by atoms with Crippen LogP contribution >= 0.6 is 0 Å². The van der Waals surface area contributed by atoms with Crippen molar-refractivity contribution in [3.63, 3.8) is 0 Å². The molecular weight excluding hydrogens is 281 g/mol. The van der Waals surface area contributed by atoms with Crippen LogP contribution in [0.5, 0.6) is 0 Å². The molecule has 0 spiro atoms. The summed E-state index contributed by atoms with van der Waals surface area (Å²) in [6, 6.07) is 6.71. The van der Waals surface area contributed by atoms with E-state index < -0.39 is 0 Å². The van der Waals surface area contributed by atoms with Gasteiger partial charge in [0.2, 0.25) is 5.91 Å². The lowest BCUT2D eigenvalue weighted by Crippen LogP contribution is -2.47. The second kappa shape index (κ2) is 8.13. The van der Waals surface area contributed by atoms with E-state index in [9.17, 15) is 9.18 Å². The summed E-state index contributed by atoms with van der Waals surface area (Å²) in [5.74, 6) is -0.00814. The zero-order valence-electron chi connectivity index (χ0n) is 13.5. The number of benzene rings is 1. The van der Waals surface area contributed by atoms with Crippen LogP contribution in [0.1, 0.15) is 20.3 Å². The largest absolute Gasteiger partial charge is 0.369 e. The molecule has 0 saturated carbocycles. The highest BCUT2D eigenvalue weighted by Crippen LogP contribution is 2.16. The number of anilines is 1. The number of hydrogen-bond donors (Lipinski definition) is 1. The number of carbonyl (C=O) groups excluding carboxylic acids is 1. The molecule has 0 aliphatic carbocycles. The second-order valence-electron chi connectivity index (χ2n) is 6.10. The van der Waals surface area contributed by atoms with Gasteiger partial charge in [-0.3, -0.25) is 9.69 Å². The fourth-order valence-corrected chi connectivity index (χ4v) is 2.60. The fraction of sp³-hybridized carbons (Fsp3) is 0.588. The monoisotopic (exact) mass is 307 g/mol. The highest BCUT2D eigenvalue weighted by atomic mass is 19.1. The lowest BCUT2D eigenvalue weighted by Gasteiger charge is -2.36. The molecule has 1 fully saturated rings. The highest BCUT2D eigenvalue weighted by molar-refractivity contribution is 5.77. The van der Waals surface area contributed by atoms with Gasteiger partial charge in [0.05, 0.1) is 0 Å². The van der Waals surface area contributed by atoms with Crippen molar-refractivity contribution >= 4 is 11.6 Å². The van der Waals surface area contributed by atoms with Gasteiger partial charge in [-0.15, -0.1) is 0 Å². The molecule has 0 unspecified atom stereocenters. The maximum absolute atomic E-state index is 12.9. The molecule has 2 rings (SSSR count). The van der Waals surface area contributed by atoms with E-state index in [1.165, 1.54) is 12.1 Å². The Labute approximate surface area is 132 Å². The van der Waals surface area contributed by atoms with E-state index in [2.05, 4.69) is 15.1 Å². The molecule has 0 radical (unpaired) electrons. The molecule has 5 heteroatoms. The standard InChI is InChI=1S/C17H26FN3O/c1-14(2)17(22)19-8-3-9-20-10-12-21(13-11-20)16-6-4-15(18)5-7-16/h4-7,14H,3,8-13H2,1-2H3,(H,19,22). The Bertz CT molecular complexity index is 467. The zero-order chi connectivity index (χ0) is 15.9. The molecule has 0 bridgehead atoms. The number of carbonyl (C=O) groups is 1. The molecule has 1 aliphatic rings. The molecular formula is C17H26FN3O. The van der Waals surface area contributed by atoms with Gasteiger partial charge in [0.1, 0.15) is 5.82 Å². The second-order valence-corrected chi connectivity index (χ2v) is 6.10. The van der Waals surface area contributed by atoms with Gasteiger partial charge < -0.3 is 10.2 Å². The molecule has 1 aliphatic heterocycles. The normalized spacial score (nSPS) is 16.1. The predicted molar refractivity (Wildman–Crippen MR) is 87.5 cm³/mol. The number of hydrogen-bond acceptors (Lipinski definition) is 3. The lowest BCUT2D eigenvalue weighted by atomic mass is 10.2. The number of amides is 1. The van der Waals surface area contributed by atoms with E-state index in [-0.39, 0.29) is 17.6 Å². The highest BCUT2D eigenvalue weighted by Gasteiger charge is 2.16. The van der Waals surface area contributed by atoms with Gasteiger partial charge in [-0.05, 0) is 37.2 Å². The summed E-state index contributed by atoms with van der Waals surface area (Å²) in [5.41, 5.74) is 1.09. The van der Waals surface area contributed by atoms with E-state index in [4.69, 9.17) is 0 Å². The predicted octanol–water partition coefficient (Wildman–Crippen LogP) is 2.11. The minimum Gasteiger partial charge on any atom is -0.369 e. The molecule has 1 aromatic rings. The minimum absolute atomic E-state index is 0.0549. The maximum Gasteiger partial charge on any atom is 0.222 e. The molecule has 0 aromatic heterocycles. The molecule has 22 heavy (non-hydrogen) atoms. The van der Waals surface area contributed by atoms with Crippen molar-refractivity contribution < 1.29 is 9.18 Å². The van der Waals surface area contributed by atoms with E-state index in [1.807, 2.05) is 26.0 Å². The zero-order valence-corrected chi connectivity index (χ0v) is 13.5. The number of piperazine rings is 1. The van der Waals surface area contributed by atoms with Gasteiger partial charge in [-0.2, -0.15) is 0 Å². The van der Waals surface area contributed by atoms with Crippen LogP contribution in [0, 0.1) is 11.7 Å². The van der Waals surface area contributed by atoms with Crippen molar-refractivity contribution in [1.29, 1.82) is 0 Å². The fourth-order valence-electron chi connectivity index (χ4n) is 2.60. The summed E-state index contributed by atoms with van der Waals surface area (Å²) in [7, 11) is 0. The first kappa shape index (κ1) is 16.7. The Balaban J connectivity index is 1.65. The Kier molecular flexibility index (Phi) is 6.19. The molecule has 122 valence electrons. The van der Waals surface area contributed by atoms with E-state index in [0.29, 0.717) is 0 Å². The summed E-state index contributed by atoms with van der Waals surface area (Å²) in [5, 5.41) is 2.95. The van der Waals surface area contributed by atoms with Crippen LogP contribution in [0.3, 0.4) is 0 Å². The van der Waals surface area contributed by atoms with Gasteiger partial charge in [-0.1, -0.05) is 13.8 Å². The Morgan fingerprint density at radius 1 is 1.18 bits per heavy atom. The molecule has 4 nitrogen and oxygen atoms in total. The van der Waals surface area contributed by atoms with Crippen molar-refractivity contribution in [2.45, 2.75) is 20.3 Å². The van der Waals surface area contributed by atoms with Crippen LogP contribution in [0.15, 0.2) is 24.3 Å². The van der Waals surface area contributed by atoms with E-state index >= 15 is 0 Å². The first-order valence-electron chi connectivity index (χ1n) is 8.07. The number of halogens is 1. The van der Waals surface area contributed by atoms with Crippen molar-refractivity contribution in [3.05, 3.63) is 30.1 Å². The number of nitrogens with one attached hydrogen (secondary N) is 1. The first-order valence-corrected chi connectivity index (χ1v) is 8.07. The SMILES string of the molecule is CC(C)C(=O)NCCCN1CCN(c2ccc(F)cc2)CC1.